The summed E-state index contributed by atoms with van der Waals surface area (Å²) in [5, 5.41) is 0. The number of rotatable bonds is 7. The number of ether oxygens (including phenoxy) is 1. The van der Waals surface area contributed by atoms with Crippen LogP contribution in [0.3, 0.4) is 0 Å². The molecule has 8 heteroatoms. The van der Waals surface area contributed by atoms with Gasteiger partial charge in [-0.25, -0.2) is 0 Å². The molecule has 2 fully saturated rings. The summed E-state index contributed by atoms with van der Waals surface area (Å²) in [7, 11) is 2.00. The SMILES string of the molecule is CC(C)C[C@@H](C(N)=O)N(C)[C@@H]1CC[C@H]2CN(c3ccc(OC(F)(F)F)cc3)C[C@H]21. The summed E-state index contributed by atoms with van der Waals surface area (Å²) in [6.45, 7) is 5.88. The number of anilines is 1. The van der Waals surface area contributed by atoms with E-state index in [9.17, 15) is 18.0 Å². The molecule has 4 atom stereocenters. The zero-order valence-electron chi connectivity index (χ0n) is 17.2. The molecule has 1 saturated heterocycles. The zero-order chi connectivity index (χ0) is 21.3. The van der Waals surface area contributed by atoms with Gasteiger partial charge in [-0.3, -0.25) is 9.69 Å². The predicted molar refractivity (Wildman–Crippen MR) is 106 cm³/mol. The van der Waals surface area contributed by atoms with Gasteiger partial charge in [-0.05, 0) is 68.3 Å². The van der Waals surface area contributed by atoms with Crippen LogP contribution in [0.25, 0.3) is 0 Å². The van der Waals surface area contributed by atoms with E-state index >= 15 is 0 Å². The summed E-state index contributed by atoms with van der Waals surface area (Å²) < 4.78 is 41.0. The number of halogens is 3. The molecule has 0 bridgehead atoms. The van der Waals surface area contributed by atoms with Crippen LogP contribution < -0.4 is 15.4 Å². The van der Waals surface area contributed by atoms with Gasteiger partial charge in [0, 0.05) is 24.8 Å². The van der Waals surface area contributed by atoms with Crippen molar-refractivity contribution >= 4 is 11.6 Å². The average Bonchev–Trinajstić information content (AvgIpc) is 3.18. The third kappa shape index (κ3) is 5.15. The van der Waals surface area contributed by atoms with Crippen molar-refractivity contribution in [1.82, 2.24) is 4.90 Å². The number of benzene rings is 1. The van der Waals surface area contributed by atoms with Gasteiger partial charge in [-0.15, -0.1) is 13.2 Å². The Kier molecular flexibility index (Phi) is 6.31. The Balaban J connectivity index is 1.67. The Morgan fingerprint density at radius 2 is 1.90 bits per heavy atom. The van der Waals surface area contributed by atoms with Gasteiger partial charge in [0.15, 0.2) is 0 Å². The maximum atomic E-state index is 12.3. The number of hydrogen-bond acceptors (Lipinski definition) is 4. The Bertz CT molecular complexity index is 708. The largest absolute Gasteiger partial charge is 0.573 e. The highest BCUT2D eigenvalue weighted by Crippen LogP contribution is 2.42. The van der Waals surface area contributed by atoms with Crippen molar-refractivity contribution in [3.63, 3.8) is 0 Å². The number of likely N-dealkylation sites (N-methyl/N-ethyl adjacent to an activating group) is 1. The maximum absolute atomic E-state index is 12.3. The third-order valence-corrected chi connectivity index (χ3v) is 6.29. The van der Waals surface area contributed by atoms with E-state index in [1.54, 1.807) is 12.1 Å². The molecule has 0 unspecified atom stereocenters. The Morgan fingerprint density at radius 3 is 2.45 bits per heavy atom. The number of carbonyl (C=O) groups excluding carboxylic acids is 1. The van der Waals surface area contributed by atoms with E-state index in [2.05, 4.69) is 28.4 Å². The van der Waals surface area contributed by atoms with Gasteiger partial charge in [0.1, 0.15) is 5.75 Å². The molecule has 1 aromatic carbocycles. The lowest BCUT2D eigenvalue weighted by Gasteiger charge is -2.35. The normalized spacial score (nSPS) is 25.5. The molecule has 1 aliphatic carbocycles. The Hall–Kier alpha value is -1.96. The minimum Gasteiger partial charge on any atom is -0.406 e. The molecule has 0 spiro atoms. The van der Waals surface area contributed by atoms with Crippen molar-refractivity contribution in [3.05, 3.63) is 24.3 Å². The summed E-state index contributed by atoms with van der Waals surface area (Å²) in [5.41, 5.74) is 6.58. The monoisotopic (exact) mass is 413 g/mol. The highest BCUT2D eigenvalue weighted by molar-refractivity contribution is 5.79. The van der Waals surface area contributed by atoms with Crippen molar-refractivity contribution in [3.8, 4) is 5.75 Å². The summed E-state index contributed by atoms with van der Waals surface area (Å²) in [5.74, 6) is 0.821. The number of hydrogen-bond donors (Lipinski definition) is 1. The first-order valence-corrected chi connectivity index (χ1v) is 10.2. The zero-order valence-corrected chi connectivity index (χ0v) is 17.2. The molecule has 162 valence electrons. The summed E-state index contributed by atoms with van der Waals surface area (Å²) in [6, 6.07) is 6.07. The molecule has 1 amide bonds. The van der Waals surface area contributed by atoms with E-state index < -0.39 is 6.36 Å². The van der Waals surface area contributed by atoms with Gasteiger partial charge >= 0.3 is 6.36 Å². The molecular weight excluding hydrogens is 383 g/mol. The Morgan fingerprint density at radius 1 is 1.24 bits per heavy atom. The molecule has 29 heavy (non-hydrogen) atoms. The molecule has 0 aromatic heterocycles. The standard InChI is InChI=1S/C21H30F3N3O2/c1-13(2)10-19(20(25)28)26(3)18-9-4-14-11-27(12-17(14)18)15-5-7-16(8-6-15)29-21(22,23)24/h5-8,13-14,17-19H,4,9-12H2,1-3H3,(H2,25,28)/t14-,17+,18+,19-/m0/s1. The number of fused-ring (bicyclic) bond motifs is 1. The van der Waals surface area contributed by atoms with Crippen molar-refractivity contribution < 1.29 is 22.7 Å². The van der Waals surface area contributed by atoms with E-state index in [-0.39, 0.29) is 23.7 Å². The van der Waals surface area contributed by atoms with E-state index in [1.807, 2.05) is 7.05 Å². The molecule has 1 heterocycles. The topological polar surface area (TPSA) is 58.8 Å². The molecule has 0 radical (unpaired) electrons. The molecule has 2 N–H and O–H groups in total. The number of nitrogens with zero attached hydrogens (tertiary/aromatic N) is 2. The van der Waals surface area contributed by atoms with Crippen molar-refractivity contribution in [2.45, 2.75) is 51.6 Å². The number of carbonyl (C=O) groups is 1. The second-order valence-electron chi connectivity index (χ2n) is 8.73. The predicted octanol–water partition coefficient (Wildman–Crippen LogP) is 3.63. The van der Waals surface area contributed by atoms with E-state index in [1.165, 1.54) is 12.1 Å². The van der Waals surface area contributed by atoms with Crippen LogP contribution in [-0.2, 0) is 4.79 Å². The molecule has 1 aromatic rings. The van der Waals surface area contributed by atoms with Crippen molar-refractivity contribution in [2.24, 2.45) is 23.5 Å². The van der Waals surface area contributed by atoms with Crippen LogP contribution in [0.4, 0.5) is 18.9 Å². The lowest BCUT2D eigenvalue weighted by atomic mass is 9.94. The first-order valence-electron chi connectivity index (χ1n) is 10.2. The quantitative estimate of drug-likeness (QED) is 0.742. The van der Waals surface area contributed by atoms with Gasteiger partial charge < -0.3 is 15.4 Å². The van der Waals surface area contributed by atoms with Gasteiger partial charge in [0.2, 0.25) is 5.91 Å². The number of amides is 1. The smallest absolute Gasteiger partial charge is 0.406 e. The lowest BCUT2D eigenvalue weighted by Crippen LogP contribution is -2.50. The molecule has 3 rings (SSSR count). The van der Waals surface area contributed by atoms with Crippen LogP contribution >= 0.6 is 0 Å². The van der Waals surface area contributed by atoms with E-state index in [4.69, 9.17) is 5.73 Å². The highest BCUT2D eigenvalue weighted by atomic mass is 19.4. The second kappa shape index (κ2) is 8.42. The molecule has 1 saturated carbocycles. The maximum Gasteiger partial charge on any atom is 0.573 e. The average molecular weight is 413 g/mol. The van der Waals surface area contributed by atoms with E-state index in [0.29, 0.717) is 17.8 Å². The van der Waals surface area contributed by atoms with Crippen LogP contribution in [0.1, 0.15) is 33.1 Å². The summed E-state index contributed by atoms with van der Waals surface area (Å²) in [4.78, 5) is 16.4. The third-order valence-electron chi connectivity index (χ3n) is 6.29. The molecule has 2 aliphatic rings. The van der Waals surface area contributed by atoms with Crippen LogP contribution in [0, 0.1) is 17.8 Å². The van der Waals surface area contributed by atoms with Crippen LogP contribution in [-0.4, -0.2) is 49.4 Å². The minimum atomic E-state index is -4.68. The first kappa shape index (κ1) is 21.7. The number of nitrogens with two attached hydrogens (primary N) is 1. The fourth-order valence-electron chi connectivity index (χ4n) is 4.97. The van der Waals surface area contributed by atoms with Crippen molar-refractivity contribution in [2.75, 3.05) is 25.0 Å². The summed E-state index contributed by atoms with van der Waals surface area (Å²) in [6.07, 6.45) is -1.82. The van der Waals surface area contributed by atoms with Crippen molar-refractivity contribution in [1.29, 1.82) is 0 Å². The van der Waals surface area contributed by atoms with Gasteiger partial charge in [0.05, 0.1) is 6.04 Å². The van der Waals surface area contributed by atoms with Gasteiger partial charge in [-0.1, -0.05) is 13.8 Å². The minimum absolute atomic E-state index is 0.212. The molecule has 5 nitrogen and oxygen atoms in total. The van der Waals surface area contributed by atoms with Crippen LogP contribution in [0.2, 0.25) is 0 Å². The molecular formula is C21H30F3N3O2. The Labute approximate surface area is 170 Å². The number of alkyl halides is 3. The second-order valence-corrected chi connectivity index (χ2v) is 8.73. The fraction of sp³-hybridized carbons (Fsp3) is 0.667. The van der Waals surface area contributed by atoms with E-state index in [0.717, 1.165) is 38.0 Å². The molecule has 1 aliphatic heterocycles. The van der Waals surface area contributed by atoms with Gasteiger partial charge in [0.25, 0.3) is 0 Å². The highest BCUT2D eigenvalue weighted by Gasteiger charge is 2.46. The number of primary amides is 1. The fourth-order valence-corrected chi connectivity index (χ4v) is 4.97. The van der Waals surface area contributed by atoms with Gasteiger partial charge in [-0.2, -0.15) is 0 Å². The summed E-state index contributed by atoms with van der Waals surface area (Å²) >= 11 is 0. The lowest BCUT2D eigenvalue weighted by molar-refractivity contribution is -0.274. The van der Waals surface area contributed by atoms with Crippen LogP contribution in [0.5, 0.6) is 5.75 Å². The first-order chi connectivity index (χ1) is 13.5. The van der Waals surface area contributed by atoms with Crippen LogP contribution in [0.15, 0.2) is 24.3 Å².